The molecule has 0 unspecified atom stereocenters. The van der Waals surface area contributed by atoms with Crippen molar-refractivity contribution >= 4 is 11.8 Å². The van der Waals surface area contributed by atoms with E-state index in [4.69, 9.17) is 18.7 Å². The number of methoxy groups -OCH3 is 3. The summed E-state index contributed by atoms with van der Waals surface area (Å²) in [5.41, 5.74) is 2.54. The normalized spacial score (nSPS) is 12.6. The molecule has 34 heavy (non-hydrogen) atoms. The summed E-state index contributed by atoms with van der Waals surface area (Å²) in [6.45, 7) is 0.522. The van der Waals surface area contributed by atoms with Crippen LogP contribution in [0.15, 0.2) is 40.9 Å². The summed E-state index contributed by atoms with van der Waals surface area (Å²) in [6.07, 6.45) is 0.540. The molecule has 0 saturated heterocycles. The van der Waals surface area contributed by atoms with Gasteiger partial charge in [-0.3, -0.25) is 9.59 Å². The lowest BCUT2D eigenvalue weighted by molar-refractivity contribution is -0.131. The number of aromatic nitrogens is 1. The number of nitrogens with zero attached hydrogens (tertiary/aromatic N) is 2. The lowest BCUT2D eigenvalue weighted by Gasteiger charge is -2.26. The third kappa shape index (κ3) is 4.52. The third-order valence-electron chi connectivity index (χ3n) is 5.63. The van der Waals surface area contributed by atoms with Gasteiger partial charge in [-0.15, -0.1) is 0 Å². The molecule has 1 N–H and O–H groups in total. The fourth-order valence-electron chi connectivity index (χ4n) is 3.85. The molecule has 0 saturated carbocycles. The van der Waals surface area contributed by atoms with Gasteiger partial charge in [-0.05, 0) is 42.8 Å². The molecule has 178 valence electrons. The molecule has 0 spiro atoms. The Morgan fingerprint density at radius 2 is 1.76 bits per heavy atom. The van der Waals surface area contributed by atoms with Crippen molar-refractivity contribution in [1.82, 2.24) is 15.4 Å². The smallest absolute Gasteiger partial charge is 0.251 e. The molecular formula is C24H24FN3O6. The number of halogens is 1. The molecule has 0 radical (unpaired) electrons. The molecule has 1 aliphatic rings. The molecule has 10 heteroatoms. The second-order valence-electron chi connectivity index (χ2n) is 7.61. The van der Waals surface area contributed by atoms with Gasteiger partial charge in [-0.2, -0.15) is 0 Å². The Labute approximate surface area is 195 Å². The number of nitrogens with one attached hydrogen (secondary N) is 1. The van der Waals surface area contributed by atoms with Crippen LogP contribution in [0, 0.1) is 5.82 Å². The van der Waals surface area contributed by atoms with E-state index in [2.05, 4.69) is 10.5 Å². The Balaban J connectivity index is 1.40. The van der Waals surface area contributed by atoms with Crippen molar-refractivity contribution in [3.63, 3.8) is 0 Å². The lowest BCUT2D eigenvalue weighted by Crippen LogP contribution is -2.42. The molecule has 0 atom stereocenters. The van der Waals surface area contributed by atoms with E-state index >= 15 is 0 Å². The first-order valence-corrected chi connectivity index (χ1v) is 10.5. The second kappa shape index (κ2) is 9.82. The maximum absolute atomic E-state index is 13.2. The van der Waals surface area contributed by atoms with E-state index in [0.717, 1.165) is 11.1 Å². The van der Waals surface area contributed by atoms with Crippen LogP contribution in [0.5, 0.6) is 17.2 Å². The standard InChI is InChI=1S/C24H24FN3O6/c1-31-19-10-15(11-20(32-2)23(19)33-3)24(30)26-12-21(29)28-9-8-17-18(13-28)27-34-22(17)14-4-6-16(25)7-5-14/h4-7,10-11H,8-9,12-13H2,1-3H3,(H,26,30). The number of rotatable bonds is 7. The van der Waals surface area contributed by atoms with Crippen LogP contribution in [0.1, 0.15) is 21.6 Å². The average molecular weight is 469 g/mol. The van der Waals surface area contributed by atoms with E-state index in [-0.39, 0.29) is 30.4 Å². The number of carbonyl (C=O) groups is 2. The highest BCUT2D eigenvalue weighted by molar-refractivity contribution is 5.97. The van der Waals surface area contributed by atoms with E-state index < -0.39 is 5.91 Å². The molecule has 9 nitrogen and oxygen atoms in total. The molecule has 0 bridgehead atoms. The highest BCUT2D eigenvalue weighted by atomic mass is 19.1. The van der Waals surface area contributed by atoms with E-state index in [9.17, 15) is 14.0 Å². The molecular weight excluding hydrogens is 445 g/mol. The zero-order valence-corrected chi connectivity index (χ0v) is 19.0. The fourth-order valence-corrected chi connectivity index (χ4v) is 3.85. The van der Waals surface area contributed by atoms with Crippen molar-refractivity contribution in [2.45, 2.75) is 13.0 Å². The summed E-state index contributed by atoms with van der Waals surface area (Å²) >= 11 is 0. The van der Waals surface area contributed by atoms with Crippen LogP contribution in [0.4, 0.5) is 4.39 Å². The summed E-state index contributed by atoms with van der Waals surface area (Å²) in [4.78, 5) is 27.0. The maximum atomic E-state index is 13.2. The molecule has 1 aromatic heterocycles. The largest absolute Gasteiger partial charge is 0.493 e. The minimum absolute atomic E-state index is 0.187. The van der Waals surface area contributed by atoms with Gasteiger partial charge in [0, 0.05) is 23.2 Å². The SMILES string of the molecule is COc1cc(C(=O)NCC(=O)N2CCc3c(noc3-c3ccc(F)cc3)C2)cc(OC)c1OC. The quantitative estimate of drug-likeness (QED) is 0.568. The van der Waals surface area contributed by atoms with Crippen molar-refractivity contribution in [2.75, 3.05) is 34.4 Å². The maximum Gasteiger partial charge on any atom is 0.251 e. The molecule has 2 amide bonds. The zero-order chi connectivity index (χ0) is 24.2. The Morgan fingerprint density at radius 3 is 2.38 bits per heavy atom. The molecule has 3 aromatic rings. The van der Waals surface area contributed by atoms with Crippen LogP contribution in [0.3, 0.4) is 0 Å². The predicted octanol–water partition coefficient (Wildman–Crippen LogP) is 2.82. The first-order valence-electron chi connectivity index (χ1n) is 10.5. The van der Waals surface area contributed by atoms with Gasteiger partial charge >= 0.3 is 0 Å². The molecule has 2 aromatic carbocycles. The summed E-state index contributed by atoms with van der Waals surface area (Å²) in [5.74, 6) is 0.590. The Morgan fingerprint density at radius 1 is 1.09 bits per heavy atom. The predicted molar refractivity (Wildman–Crippen MR) is 119 cm³/mol. The van der Waals surface area contributed by atoms with Crippen LogP contribution in [-0.4, -0.2) is 56.3 Å². The first-order chi connectivity index (χ1) is 16.4. The molecule has 1 aliphatic heterocycles. The van der Waals surface area contributed by atoms with E-state index in [0.29, 0.717) is 41.7 Å². The van der Waals surface area contributed by atoms with E-state index in [1.165, 1.54) is 45.6 Å². The number of fused-ring (bicyclic) bond motifs is 1. The van der Waals surface area contributed by atoms with Gasteiger partial charge in [-0.25, -0.2) is 4.39 Å². The van der Waals surface area contributed by atoms with Crippen molar-refractivity contribution in [3.8, 4) is 28.6 Å². The van der Waals surface area contributed by atoms with Crippen LogP contribution in [0.25, 0.3) is 11.3 Å². The topological polar surface area (TPSA) is 103 Å². The number of hydrogen-bond acceptors (Lipinski definition) is 7. The van der Waals surface area contributed by atoms with Gasteiger partial charge in [-0.1, -0.05) is 5.16 Å². The van der Waals surface area contributed by atoms with Gasteiger partial charge in [0.1, 0.15) is 11.5 Å². The third-order valence-corrected chi connectivity index (χ3v) is 5.63. The van der Waals surface area contributed by atoms with Crippen molar-refractivity contribution in [3.05, 3.63) is 59.0 Å². The summed E-state index contributed by atoms with van der Waals surface area (Å²) < 4.78 is 34.5. The second-order valence-corrected chi connectivity index (χ2v) is 7.61. The van der Waals surface area contributed by atoms with Crippen LogP contribution in [0.2, 0.25) is 0 Å². The summed E-state index contributed by atoms with van der Waals surface area (Å²) in [7, 11) is 4.39. The van der Waals surface area contributed by atoms with Gasteiger partial charge < -0.3 is 29.0 Å². The molecule has 2 heterocycles. The van der Waals surface area contributed by atoms with Crippen molar-refractivity contribution in [1.29, 1.82) is 0 Å². The van der Waals surface area contributed by atoms with Gasteiger partial charge in [0.15, 0.2) is 17.3 Å². The van der Waals surface area contributed by atoms with Gasteiger partial charge in [0.05, 0.1) is 34.4 Å². The fraction of sp³-hybridized carbons (Fsp3) is 0.292. The first kappa shape index (κ1) is 23.1. The Hall–Kier alpha value is -4.08. The average Bonchev–Trinajstić information content (AvgIpc) is 3.29. The number of carbonyl (C=O) groups excluding carboxylic acids is 2. The highest BCUT2D eigenvalue weighted by Crippen LogP contribution is 2.38. The Bertz CT molecular complexity index is 1180. The number of amides is 2. The summed E-state index contributed by atoms with van der Waals surface area (Å²) in [6, 6.07) is 9.01. The minimum Gasteiger partial charge on any atom is -0.493 e. The highest BCUT2D eigenvalue weighted by Gasteiger charge is 2.27. The Kier molecular flexibility index (Phi) is 6.67. The van der Waals surface area contributed by atoms with E-state index in [1.54, 1.807) is 17.0 Å². The zero-order valence-electron chi connectivity index (χ0n) is 19.0. The lowest BCUT2D eigenvalue weighted by atomic mass is 10.0. The van der Waals surface area contributed by atoms with E-state index in [1.807, 2.05) is 0 Å². The number of ether oxygens (including phenoxy) is 3. The van der Waals surface area contributed by atoms with Crippen LogP contribution < -0.4 is 19.5 Å². The number of hydrogen-bond donors (Lipinski definition) is 1. The van der Waals surface area contributed by atoms with Crippen LogP contribution >= 0.6 is 0 Å². The monoisotopic (exact) mass is 469 g/mol. The van der Waals surface area contributed by atoms with Gasteiger partial charge in [0.2, 0.25) is 11.7 Å². The van der Waals surface area contributed by atoms with Gasteiger partial charge in [0.25, 0.3) is 5.91 Å². The van der Waals surface area contributed by atoms with Crippen molar-refractivity contribution in [2.24, 2.45) is 0 Å². The molecule has 4 rings (SSSR count). The van der Waals surface area contributed by atoms with Crippen molar-refractivity contribution < 1.29 is 32.7 Å². The van der Waals surface area contributed by atoms with Crippen LogP contribution in [-0.2, 0) is 17.8 Å². The minimum atomic E-state index is -0.453. The molecule has 0 aliphatic carbocycles. The summed E-state index contributed by atoms with van der Waals surface area (Å²) in [5, 5.41) is 6.73. The molecule has 0 fully saturated rings. The number of benzene rings is 2.